The summed E-state index contributed by atoms with van der Waals surface area (Å²) in [6.07, 6.45) is 1.81. The van der Waals surface area contributed by atoms with Gasteiger partial charge in [0.1, 0.15) is 5.75 Å². The molecule has 0 saturated carbocycles. The number of carboxylic acids is 1. The van der Waals surface area contributed by atoms with E-state index in [1.807, 2.05) is 27.7 Å². The van der Waals surface area contributed by atoms with Gasteiger partial charge in [-0.15, -0.1) is 0 Å². The SMILES string of the molecule is Cc1cc(C(=O)O)cc(C)c1OCCCc1c(C)n[nH]c1C. The lowest BCUT2D eigenvalue weighted by Gasteiger charge is -2.13. The zero-order valence-corrected chi connectivity index (χ0v) is 13.5. The molecule has 5 heteroatoms. The standard InChI is InChI=1S/C17H22N2O3/c1-10-8-14(17(20)21)9-11(2)16(10)22-7-5-6-15-12(3)18-19-13(15)4/h8-9H,5-7H2,1-4H3,(H,18,19)(H,20,21). The van der Waals surface area contributed by atoms with Crippen molar-refractivity contribution in [3.05, 3.63) is 45.8 Å². The molecule has 2 rings (SSSR count). The lowest BCUT2D eigenvalue weighted by molar-refractivity contribution is 0.0696. The Hall–Kier alpha value is -2.30. The maximum atomic E-state index is 11.0. The number of hydrogen-bond donors (Lipinski definition) is 2. The number of rotatable bonds is 6. The molecule has 5 nitrogen and oxygen atoms in total. The van der Waals surface area contributed by atoms with E-state index in [1.165, 1.54) is 5.56 Å². The number of hydrogen-bond acceptors (Lipinski definition) is 3. The van der Waals surface area contributed by atoms with Gasteiger partial charge in [0.15, 0.2) is 0 Å². The van der Waals surface area contributed by atoms with Crippen molar-refractivity contribution in [2.45, 2.75) is 40.5 Å². The van der Waals surface area contributed by atoms with Crippen LogP contribution in [0.5, 0.6) is 5.75 Å². The molecule has 118 valence electrons. The van der Waals surface area contributed by atoms with Crippen LogP contribution in [0, 0.1) is 27.7 Å². The van der Waals surface area contributed by atoms with Crippen LogP contribution in [0.15, 0.2) is 12.1 Å². The number of benzene rings is 1. The minimum atomic E-state index is -0.913. The van der Waals surface area contributed by atoms with Crippen LogP contribution in [-0.4, -0.2) is 27.9 Å². The Morgan fingerprint density at radius 2 is 1.86 bits per heavy atom. The highest BCUT2D eigenvalue weighted by Crippen LogP contribution is 2.25. The van der Waals surface area contributed by atoms with Gasteiger partial charge in [0.05, 0.1) is 17.9 Å². The van der Waals surface area contributed by atoms with E-state index < -0.39 is 5.97 Å². The molecule has 0 amide bonds. The van der Waals surface area contributed by atoms with E-state index in [9.17, 15) is 4.79 Å². The van der Waals surface area contributed by atoms with Gasteiger partial charge < -0.3 is 9.84 Å². The van der Waals surface area contributed by atoms with Crippen LogP contribution in [0.2, 0.25) is 0 Å². The fourth-order valence-electron chi connectivity index (χ4n) is 2.67. The summed E-state index contributed by atoms with van der Waals surface area (Å²) in [5.74, 6) is -0.130. The number of nitrogens with one attached hydrogen (secondary N) is 1. The average molecular weight is 302 g/mol. The summed E-state index contributed by atoms with van der Waals surface area (Å²) in [5.41, 5.74) is 5.40. The molecule has 2 N–H and O–H groups in total. The Bertz CT molecular complexity index is 647. The number of ether oxygens (including phenoxy) is 1. The first-order valence-corrected chi connectivity index (χ1v) is 7.38. The van der Waals surface area contributed by atoms with Crippen LogP contribution in [0.4, 0.5) is 0 Å². The quantitative estimate of drug-likeness (QED) is 0.802. The second-order valence-corrected chi connectivity index (χ2v) is 5.61. The summed E-state index contributed by atoms with van der Waals surface area (Å²) >= 11 is 0. The zero-order valence-electron chi connectivity index (χ0n) is 13.5. The van der Waals surface area contributed by atoms with Crippen molar-refractivity contribution < 1.29 is 14.6 Å². The smallest absolute Gasteiger partial charge is 0.335 e. The number of H-pyrrole nitrogens is 1. The normalized spacial score (nSPS) is 10.7. The predicted molar refractivity (Wildman–Crippen MR) is 84.8 cm³/mol. The van der Waals surface area contributed by atoms with Gasteiger partial charge in [-0.2, -0.15) is 5.10 Å². The van der Waals surface area contributed by atoms with Gasteiger partial charge in [-0.3, -0.25) is 5.10 Å². The van der Waals surface area contributed by atoms with Gasteiger partial charge in [-0.1, -0.05) is 0 Å². The van der Waals surface area contributed by atoms with Crippen molar-refractivity contribution in [1.82, 2.24) is 10.2 Å². The van der Waals surface area contributed by atoms with E-state index in [0.717, 1.165) is 41.1 Å². The number of aromatic carboxylic acids is 1. The van der Waals surface area contributed by atoms with Crippen molar-refractivity contribution >= 4 is 5.97 Å². The first kappa shape index (κ1) is 16.1. The molecule has 0 aliphatic rings. The highest BCUT2D eigenvalue weighted by Gasteiger charge is 2.11. The Labute approximate surface area is 130 Å². The summed E-state index contributed by atoms with van der Waals surface area (Å²) in [6.45, 7) is 8.37. The molecule has 0 bridgehead atoms. The van der Waals surface area contributed by atoms with Gasteiger partial charge in [0, 0.05) is 5.69 Å². The van der Waals surface area contributed by atoms with E-state index in [-0.39, 0.29) is 0 Å². The molecule has 1 aromatic heterocycles. The molecule has 0 spiro atoms. The van der Waals surface area contributed by atoms with Gasteiger partial charge in [0.25, 0.3) is 0 Å². The number of aromatic amines is 1. The number of aryl methyl sites for hydroxylation is 4. The maximum absolute atomic E-state index is 11.0. The van der Waals surface area contributed by atoms with E-state index in [4.69, 9.17) is 9.84 Å². The van der Waals surface area contributed by atoms with Crippen LogP contribution in [0.25, 0.3) is 0 Å². The Kier molecular flexibility index (Phi) is 4.85. The first-order valence-electron chi connectivity index (χ1n) is 7.38. The second-order valence-electron chi connectivity index (χ2n) is 5.61. The molecule has 0 unspecified atom stereocenters. The molecule has 0 aliphatic heterocycles. The third-order valence-electron chi connectivity index (χ3n) is 3.81. The molecule has 0 radical (unpaired) electrons. The summed E-state index contributed by atoms with van der Waals surface area (Å²) in [5, 5.41) is 16.2. The fourth-order valence-corrected chi connectivity index (χ4v) is 2.67. The molecule has 0 atom stereocenters. The largest absolute Gasteiger partial charge is 0.493 e. The molecular formula is C17H22N2O3. The number of carbonyl (C=O) groups is 1. The molecular weight excluding hydrogens is 280 g/mol. The van der Waals surface area contributed by atoms with Gasteiger partial charge in [-0.05, 0) is 69.4 Å². The molecule has 22 heavy (non-hydrogen) atoms. The Morgan fingerprint density at radius 1 is 1.23 bits per heavy atom. The average Bonchev–Trinajstić information content (AvgIpc) is 2.76. The van der Waals surface area contributed by atoms with Crippen LogP contribution in [0.3, 0.4) is 0 Å². The minimum Gasteiger partial charge on any atom is -0.493 e. The third kappa shape index (κ3) is 3.47. The molecule has 0 saturated heterocycles. The lowest BCUT2D eigenvalue weighted by atomic mass is 10.1. The lowest BCUT2D eigenvalue weighted by Crippen LogP contribution is -2.05. The van der Waals surface area contributed by atoms with E-state index >= 15 is 0 Å². The number of nitrogens with zero attached hydrogens (tertiary/aromatic N) is 1. The molecule has 1 aromatic carbocycles. The Balaban J connectivity index is 1.96. The van der Waals surface area contributed by atoms with E-state index in [0.29, 0.717) is 12.2 Å². The van der Waals surface area contributed by atoms with Gasteiger partial charge >= 0.3 is 5.97 Å². The van der Waals surface area contributed by atoms with E-state index in [1.54, 1.807) is 12.1 Å². The van der Waals surface area contributed by atoms with Crippen molar-refractivity contribution in [3.63, 3.8) is 0 Å². The summed E-state index contributed by atoms with van der Waals surface area (Å²) < 4.78 is 5.86. The minimum absolute atomic E-state index is 0.298. The third-order valence-corrected chi connectivity index (χ3v) is 3.81. The highest BCUT2D eigenvalue weighted by atomic mass is 16.5. The summed E-state index contributed by atoms with van der Waals surface area (Å²) in [4.78, 5) is 11.0. The van der Waals surface area contributed by atoms with Gasteiger partial charge in [0.2, 0.25) is 0 Å². The van der Waals surface area contributed by atoms with E-state index in [2.05, 4.69) is 10.2 Å². The molecule has 2 aromatic rings. The zero-order chi connectivity index (χ0) is 16.3. The first-order chi connectivity index (χ1) is 10.4. The monoisotopic (exact) mass is 302 g/mol. The van der Waals surface area contributed by atoms with Crippen molar-refractivity contribution in [2.24, 2.45) is 0 Å². The fraction of sp³-hybridized carbons (Fsp3) is 0.412. The molecule has 0 fully saturated rings. The van der Waals surface area contributed by atoms with Crippen molar-refractivity contribution in [2.75, 3.05) is 6.61 Å². The van der Waals surface area contributed by atoms with Gasteiger partial charge in [-0.25, -0.2) is 4.79 Å². The highest BCUT2D eigenvalue weighted by molar-refractivity contribution is 5.88. The van der Waals surface area contributed by atoms with Crippen LogP contribution in [-0.2, 0) is 6.42 Å². The topological polar surface area (TPSA) is 75.2 Å². The Morgan fingerprint density at radius 3 is 2.36 bits per heavy atom. The number of carboxylic acid groups (broad SMARTS) is 1. The van der Waals surface area contributed by atoms with Crippen LogP contribution in [0.1, 0.15) is 44.9 Å². The van der Waals surface area contributed by atoms with Crippen molar-refractivity contribution in [3.8, 4) is 5.75 Å². The molecule has 0 aliphatic carbocycles. The molecule has 1 heterocycles. The number of aromatic nitrogens is 2. The maximum Gasteiger partial charge on any atom is 0.335 e. The summed E-state index contributed by atoms with van der Waals surface area (Å²) in [7, 11) is 0. The second kappa shape index (κ2) is 6.64. The van der Waals surface area contributed by atoms with Crippen LogP contribution < -0.4 is 4.74 Å². The predicted octanol–water partition coefficient (Wildman–Crippen LogP) is 3.35. The summed E-state index contributed by atoms with van der Waals surface area (Å²) in [6, 6.07) is 3.30. The van der Waals surface area contributed by atoms with Crippen molar-refractivity contribution in [1.29, 1.82) is 0 Å². The van der Waals surface area contributed by atoms with Crippen LogP contribution >= 0.6 is 0 Å².